The zero-order valence-corrected chi connectivity index (χ0v) is 17.1. The monoisotopic (exact) mass is 381 g/mol. The molecule has 3 rings (SSSR count). The van der Waals surface area contributed by atoms with Gasteiger partial charge in [-0.15, -0.1) is 0 Å². The first-order valence-electron chi connectivity index (χ1n) is 10.1. The molecule has 0 radical (unpaired) electrons. The molecule has 1 heterocycles. The SMILES string of the molecule is COC(=O)[C@H](Cc1ccccc1)CN1CC[C@](C)(c2cccc(O)c2)[C@@H](C)C1. The van der Waals surface area contributed by atoms with E-state index < -0.39 is 0 Å². The Morgan fingerprint density at radius 2 is 2.00 bits per heavy atom. The Labute approximate surface area is 168 Å². The lowest BCUT2D eigenvalue weighted by molar-refractivity contribution is -0.146. The maximum atomic E-state index is 12.4. The van der Waals surface area contributed by atoms with Crippen LogP contribution in [0.4, 0.5) is 0 Å². The number of carbonyl (C=O) groups excluding carboxylic acids is 1. The molecular formula is C24H31NO3. The third-order valence-corrected chi connectivity index (χ3v) is 6.41. The summed E-state index contributed by atoms with van der Waals surface area (Å²) in [6, 6.07) is 17.8. The second kappa shape index (κ2) is 8.78. The Hall–Kier alpha value is -2.33. The minimum Gasteiger partial charge on any atom is -0.508 e. The highest BCUT2D eigenvalue weighted by Crippen LogP contribution is 2.40. The first-order valence-corrected chi connectivity index (χ1v) is 10.1. The summed E-state index contributed by atoms with van der Waals surface area (Å²) >= 11 is 0. The normalized spacial score (nSPS) is 23.9. The molecular weight excluding hydrogens is 350 g/mol. The van der Waals surface area contributed by atoms with Crippen LogP contribution in [0.1, 0.15) is 31.4 Å². The summed E-state index contributed by atoms with van der Waals surface area (Å²) in [4.78, 5) is 14.8. The van der Waals surface area contributed by atoms with E-state index in [4.69, 9.17) is 4.74 Å². The second-order valence-electron chi connectivity index (χ2n) is 8.29. The van der Waals surface area contributed by atoms with E-state index in [2.05, 4.69) is 36.9 Å². The van der Waals surface area contributed by atoms with E-state index in [0.717, 1.165) is 25.1 Å². The van der Waals surface area contributed by atoms with Gasteiger partial charge in [0.15, 0.2) is 0 Å². The van der Waals surface area contributed by atoms with Crippen LogP contribution in [0.25, 0.3) is 0 Å². The number of aromatic hydroxyl groups is 1. The third-order valence-electron chi connectivity index (χ3n) is 6.41. The van der Waals surface area contributed by atoms with Gasteiger partial charge < -0.3 is 14.7 Å². The van der Waals surface area contributed by atoms with Crippen LogP contribution in [0.2, 0.25) is 0 Å². The van der Waals surface area contributed by atoms with E-state index in [-0.39, 0.29) is 17.3 Å². The number of rotatable bonds is 6. The Morgan fingerprint density at radius 1 is 1.25 bits per heavy atom. The molecule has 1 fully saturated rings. The van der Waals surface area contributed by atoms with Crippen molar-refractivity contribution in [1.29, 1.82) is 0 Å². The number of carbonyl (C=O) groups is 1. The van der Waals surface area contributed by atoms with Crippen molar-refractivity contribution in [2.24, 2.45) is 11.8 Å². The molecule has 1 saturated heterocycles. The van der Waals surface area contributed by atoms with Gasteiger partial charge in [-0.2, -0.15) is 0 Å². The molecule has 0 aromatic heterocycles. The number of hydrogen-bond donors (Lipinski definition) is 1. The number of benzene rings is 2. The lowest BCUT2D eigenvalue weighted by Gasteiger charge is -2.45. The van der Waals surface area contributed by atoms with Crippen LogP contribution in [-0.2, 0) is 21.4 Å². The van der Waals surface area contributed by atoms with Gasteiger partial charge in [-0.25, -0.2) is 0 Å². The molecule has 1 N–H and O–H groups in total. The van der Waals surface area contributed by atoms with E-state index in [1.54, 1.807) is 6.07 Å². The predicted octanol–water partition coefficient (Wildman–Crippen LogP) is 4.02. The van der Waals surface area contributed by atoms with E-state index in [1.807, 2.05) is 30.3 Å². The van der Waals surface area contributed by atoms with E-state index in [1.165, 1.54) is 12.7 Å². The zero-order chi connectivity index (χ0) is 20.1. The molecule has 0 saturated carbocycles. The standard InChI is InChI=1S/C24H31NO3/c1-18-16-25(13-12-24(18,2)21-10-7-11-22(26)15-21)17-20(23(27)28-3)14-19-8-5-4-6-9-19/h4-11,15,18,20,26H,12-14,16-17H2,1-3H3/t18-,20+,24-/m0/s1. The maximum Gasteiger partial charge on any atom is 0.310 e. The number of likely N-dealkylation sites (tertiary alicyclic amines) is 1. The summed E-state index contributed by atoms with van der Waals surface area (Å²) < 4.78 is 5.08. The van der Waals surface area contributed by atoms with Gasteiger partial charge in [-0.3, -0.25) is 4.79 Å². The smallest absolute Gasteiger partial charge is 0.310 e. The minimum atomic E-state index is -0.162. The molecule has 28 heavy (non-hydrogen) atoms. The number of piperidine rings is 1. The van der Waals surface area contributed by atoms with Gasteiger partial charge in [0.05, 0.1) is 13.0 Å². The molecule has 1 aliphatic heterocycles. The third kappa shape index (κ3) is 4.56. The summed E-state index contributed by atoms with van der Waals surface area (Å²) in [5, 5.41) is 9.88. The number of nitrogens with zero attached hydrogens (tertiary/aromatic N) is 1. The first-order chi connectivity index (χ1) is 13.4. The van der Waals surface area contributed by atoms with Crippen LogP contribution in [-0.4, -0.2) is 42.7 Å². The summed E-state index contributed by atoms with van der Waals surface area (Å²) in [7, 11) is 1.47. The summed E-state index contributed by atoms with van der Waals surface area (Å²) in [5.74, 6) is 0.433. The van der Waals surface area contributed by atoms with Crippen molar-refractivity contribution in [3.63, 3.8) is 0 Å². The van der Waals surface area contributed by atoms with Crippen LogP contribution >= 0.6 is 0 Å². The molecule has 0 unspecified atom stereocenters. The summed E-state index contributed by atoms with van der Waals surface area (Å²) in [6.07, 6.45) is 1.69. The summed E-state index contributed by atoms with van der Waals surface area (Å²) in [6.45, 7) is 7.11. The van der Waals surface area contributed by atoms with E-state index >= 15 is 0 Å². The predicted molar refractivity (Wildman–Crippen MR) is 111 cm³/mol. The molecule has 4 heteroatoms. The van der Waals surface area contributed by atoms with Gasteiger partial charge in [0.1, 0.15) is 5.75 Å². The van der Waals surface area contributed by atoms with Crippen molar-refractivity contribution in [2.45, 2.75) is 32.1 Å². The molecule has 1 aliphatic rings. The Balaban J connectivity index is 1.68. The zero-order valence-electron chi connectivity index (χ0n) is 17.1. The van der Waals surface area contributed by atoms with Crippen molar-refractivity contribution in [3.05, 3.63) is 65.7 Å². The average Bonchev–Trinajstić information content (AvgIpc) is 2.70. The first kappa shape index (κ1) is 20.4. The molecule has 2 aromatic rings. The molecule has 0 bridgehead atoms. The number of esters is 1. The van der Waals surface area contributed by atoms with Gasteiger partial charge in [0.2, 0.25) is 0 Å². The van der Waals surface area contributed by atoms with Crippen molar-refractivity contribution < 1.29 is 14.6 Å². The molecule has 150 valence electrons. The lowest BCUT2D eigenvalue weighted by Crippen LogP contribution is -2.49. The molecule has 0 aliphatic carbocycles. The Bertz CT molecular complexity index is 791. The maximum absolute atomic E-state index is 12.4. The molecule has 3 atom stereocenters. The second-order valence-corrected chi connectivity index (χ2v) is 8.29. The fourth-order valence-corrected chi connectivity index (χ4v) is 4.37. The molecule has 4 nitrogen and oxygen atoms in total. The molecule has 0 amide bonds. The van der Waals surface area contributed by atoms with Gasteiger partial charge >= 0.3 is 5.97 Å². The fourth-order valence-electron chi connectivity index (χ4n) is 4.37. The molecule has 0 spiro atoms. The number of phenolic OH excluding ortho intramolecular Hbond substituents is 1. The Morgan fingerprint density at radius 3 is 2.64 bits per heavy atom. The highest BCUT2D eigenvalue weighted by Gasteiger charge is 2.39. The van der Waals surface area contributed by atoms with Crippen LogP contribution in [0.15, 0.2) is 54.6 Å². The van der Waals surface area contributed by atoms with Crippen molar-refractivity contribution in [3.8, 4) is 5.75 Å². The van der Waals surface area contributed by atoms with Crippen molar-refractivity contribution in [1.82, 2.24) is 4.90 Å². The number of hydrogen-bond acceptors (Lipinski definition) is 4. The van der Waals surface area contributed by atoms with Crippen molar-refractivity contribution >= 4 is 5.97 Å². The van der Waals surface area contributed by atoms with Crippen LogP contribution < -0.4 is 0 Å². The number of phenols is 1. The summed E-state index contributed by atoms with van der Waals surface area (Å²) in [5.41, 5.74) is 2.37. The average molecular weight is 382 g/mol. The number of methoxy groups -OCH3 is 1. The topological polar surface area (TPSA) is 49.8 Å². The van der Waals surface area contributed by atoms with Gasteiger partial charge in [0.25, 0.3) is 0 Å². The van der Waals surface area contributed by atoms with Gasteiger partial charge in [0, 0.05) is 13.1 Å². The fraction of sp³-hybridized carbons (Fsp3) is 0.458. The van der Waals surface area contributed by atoms with Crippen molar-refractivity contribution in [2.75, 3.05) is 26.7 Å². The highest BCUT2D eigenvalue weighted by atomic mass is 16.5. The van der Waals surface area contributed by atoms with Crippen LogP contribution in [0, 0.1) is 11.8 Å². The quantitative estimate of drug-likeness (QED) is 0.768. The lowest BCUT2D eigenvalue weighted by atomic mass is 9.68. The van der Waals surface area contributed by atoms with E-state index in [9.17, 15) is 9.90 Å². The highest BCUT2D eigenvalue weighted by molar-refractivity contribution is 5.73. The van der Waals surface area contributed by atoms with E-state index in [0.29, 0.717) is 24.6 Å². The van der Waals surface area contributed by atoms with Crippen LogP contribution in [0.3, 0.4) is 0 Å². The number of ether oxygens (including phenoxy) is 1. The minimum absolute atomic E-state index is 0.0232. The molecule has 2 aromatic carbocycles. The largest absolute Gasteiger partial charge is 0.508 e. The van der Waals surface area contributed by atoms with Crippen LogP contribution in [0.5, 0.6) is 5.75 Å². The van der Waals surface area contributed by atoms with Gasteiger partial charge in [-0.1, -0.05) is 56.3 Å². The Kier molecular flexibility index (Phi) is 6.40. The van der Waals surface area contributed by atoms with Gasteiger partial charge in [-0.05, 0) is 54.0 Å².